The second kappa shape index (κ2) is 8.21. The van der Waals surface area contributed by atoms with E-state index in [1.165, 1.54) is 17.3 Å². The third kappa shape index (κ3) is 4.24. The van der Waals surface area contributed by atoms with Gasteiger partial charge in [-0.05, 0) is 42.0 Å². The average molecular weight is 406 g/mol. The van der Waals surface area contributed by atoms with E-state index in [2.05, 4.69) is 39.0 Å². The molecule has 0 saturated carbocycles. The number of thioether (sulfide) groups is 1. The second-order valence-electron chi connectivity index (χ2n) is 7.31. The van der Waals surface area contributed by atoms with Crippen molar-refractivity contribution in [1.82, 2.24) is 15.0 Å². The Morgan fingerprint density at radius 3 is 2.66 bits per heavy atom. The third-order valence-corrected chi connectivity index (χ3v) is 5.55. The van der Waals surface area contributed by atoms with Crippen molar-refractivity contribution < 1.29 is 4.79 Å². The summed E-state index contributed by atoms with van der Waals surface area (Å²) in [5.41, 5.74) is 5.50. The van der Waals surface area contributed by atoms with Crippen LogP contribution < -0.4 is 10.2 Å². The van der Waals surface area contributed by atoms with E-state index in [1.54, 1.807) is 6.20 Å². The zero-order valence-corrected chi connectivity index (χ0v) is 17.5. The molecule has 0 spiro atoms. The van der Waals surface area contributed by atoms with Crippen molar-refractivity contribution in [2.24, 2.45) is 0 Å². The number of nitrogens with zero attached hydrogens (tertiary/aromatic N) is 4. The van der Waals surface area contributed by atoms with Crippen molar-refractivity contribution in [3.8, 4) is 0 Å². The molecule has 0 fully saturated rings. The molecule has 1 N–H and O–H groups in total. The molecule has 3 aromatic rings. The topological polar surface area (TPSA) is 71.0 Å². The zero-order chi connectivity index (χ0) is 20.4. The lowest BCUT2D eigenvalue weighted by atomic mass is 10.0. The number of carbonyl (C=O) groups is 1. The van der Waals surface area contributed by atoms with Crippen LogP contribution in [0.2, 0.25) is 0 Å². The summed E-state index contributed by atoms with van der Waals surface area (Å²) in [4.78, 5) is 28.1. The van der Waals surface area contributed by atoms with Gasteiger partial charge in [0.2, 0.25) is 0 Å². The Labute approximate surface area is 174 Å². The van der Waals surface area contributed by atoms with E-state index < -0.39 is 0 Å². The Morgan fingerprint density at radius 2 is 1.93 bits per heavy atom. The molecular weight excluding hydrogens is 382 g/mol. The summed E-state index contributed by atoms with van der Waals surface area (Å²) in [7, 11) is 0. The van der Waals surface area contributed by atoms with Crippen LogP contribution in [0.15, 0.2) is 53.9 Å². The molecule has 0 unspecified atom stereocenters. The maximum absolute atomic E-state index is 12.7. The lowest BCUT2D eigenvalue weighted by Gasteiger charge is -2.17. The lowest BCUT2D eigenvalue weighted by Crippen LogP contribution is -2.18. The van der Waals surface area contributed by atoms with E-state index >= 15 is 0 Å². The van der Waals surface area contributed by atoms with Crippen LogP contribution in [0.25, 0.3) is 0 Å². The van der Waals surface area contributed by atoms with Gasteiger partial charge in [-0.2, -0.15) is 0 Å². The number of nitrogens with one attached hydrogen (secondary N) is 1. The van der Waals surface area contributed by atoms with E-state index in [1.807, 2.05) is 48.9 Å². The fraction of sp³-hybridized carbons (Fsp3) is 0.273. The van der Waals surface area contributed by atoms with Gasteiger partial charge >= 0.3 is 0 Å². The summed E-state index contributed by atoms with van der Waals surface area (Å²) in [6.45, 7) is 5.72. The summed E-state index contributed by atoms with van der Waals surface area (Å²) in [6.07, 6.45) is 5.54. The predicted octanol–water partition coefficient (Wildman–Crippen LogP) is 4.49. The van der Waals surface area contributed by atoms with Crippen LogP contribution in [0.4, 0.5) is 11.4 Å². The summed E-state index contributed by atoms with van der Waals surface area (Å²) in [5, 5.41) is 3.71. The molecule has 7 heteroatoms. The number of amides is 1. The first-order valence-corrected chi connectivity index (χ1v) is 10.8. The van der Waals surface area contributed by atoms with Crippen LogP contribution in [0.5, 0.6) is 0 Å². The summed E-state index contributed by atoms with van der Waals surface area (Å²) >= 11 is 1.54. The zero-order valence-electron chi connectivity index (χ0n) is 16.7. The van der Waals surface area contributed by atoms with Gasteiger partial charge in [-0.3, -0.25) is 9.78 Å². The largest absolute Gasteiger partial charge is 0.361 e. The normalized spacial score (nSPS) is 12.9. The molecule has 6 nitrogen and oxygen atoms in total. The number of hydrogen-bond acceptors (Lipinski definition) is 6. The molecule has 4 rings (SSSR count). The molecule has 1 aliphatic rings. The fourth-order valence-corrected chi connectivity index (χ4v) is 3.66. The van der Waals surface area contributed by atoms with Gasteiger partial charge in [0, 0.05) is 35.9 Å². The number of fused-ring (bicyclic) bond motifs is 1. The molecule has 0 saturated heterocycles. The van der Waals surface area contributed by atoms with Crippen molar-refractivity contribution >= 4 is 29.0 Å². The molecule has 1 aliphatic heterocycles. The van der Waals surface area contributed by atoms with E-state index in [0.717, 1.165) is 34.3 Å². The first-order valence-electron chi connectivity index (χ1n) is 9.54. The van der Waals surface area contributed by atoms with Gasteiger partial charge in [0.25, 0.3) is 5.91 Å². The first-order chi connectivity index (χ1) is 14.0. The van der Waals surface area contributed by atoms with Crippen LogP contribution in [-0.4, -0.2) is 27.1 Å². The van der Waals surface area contributed by atoms with Crippen LogP contribution >= 0.6 is 11.8 Å². The van der Waals surface area contributed by atoms with Gasteiger partial charge < -0.3 is 10.2 Å². The minimum atomic E-state index is -0.217. The SMILES string of the molecule is CSc1ncc2c(n1)CN(c1ccnc(C(=O)Nc3ccc(C(C)C)cc3)c1)C2. The molecule has 29 heavy (non-hydrogen) atoms. The number of aromatic nitrogens is 3. The van der Waals surface area contributed by atoms with Crippen LogP contribution in [0, 0.1) is 0 Å². The van der Waals surface area contributed by atoms with Gasteiger partial charge in [-0.1, -0.05) is 37.7 Å². The van der Waals surface area contributed by atoms with Crippen LogP contribution in [0.3, 0.4) is 0 Å². The molecular formula is C22H23N5OS. The van der Waals surface area contributed by atoms with E-state index in [9.17, 15) is 4.79 Å². The van der Waals surface area contributed by atoms with Gasteiger partial charge in [0.1, 0.15) is 5.69 Å². The second-order valence-corrected chi connectivity index (χ2v) is 8.09. The number of benzene rings is 1. The van der Waals surface area contributed by atoms with Crippen molar-refractivity contribution in [3.63, 3.8) is 0 Å². The van der Waals surface area contributed by atoms with E-state index in [0.29, 0.717) is 18.2 Å². The maximum atomic E-state index is 12.7. The molecule has 2 aromatic heterocycles. The van der Waals surface area contributed by atoms with Crippen molar-refractivity contribution in [2.45, 2.75) is 38.0 Å². The number of carbonyl (C=O) groups excluding carboxylic acids is 1. The molecule has 1 amide bonds. The molecule has 0 atom stereocenters. The Hall–Kier alpha value is -2.93. The van der Waals surface area contributed by atoms with Crippen molar-refractivity contribution in [3.05, 3.63) is 71.3 Å². The average Bonchev–Trinajstić information content (AvgIpc) is 3.17. The summed E-state index contributed by atoms with van der Waals surface area (Å²) in [6, 6.07) is 11.7. The quantitative estimate of drug-likeness (QED) is 0.498. The Kier molecular flexibility index (Phi) is 5.49. The van der Waals surface area contributed by atoms with Crippen molar-refractivity contribution in [1.29, 1.82) is 0 Å². The highest BCUT2D eigenvalue weighted by molar-refractivity contribution is 7.98. The maximum Gasteiger partial charge on any atom is 0.274 e. The number of hydrogen-bond donors (Lipinski definition) is 1. The van der Waals surface area contributed by atoms with Gasteiger partial charge in [0.15, 0.2) is 5.16 Å². The number of pyridine rings is 1. The standard InChI is InChI=1S/C22H23N5OS/c1-14(2)15-4-6-17(7-5-15)25-21(28)19-10-18(8-9-23-19)27-12-16-11-24-22(29-3)26-20(16)13-27/h4-11,14H,12-13H2,1-3H3,(H,25,28). The molecule has 3 heterocycles. The Bertz CT molecular complexity index is 1040. The summed E-state index contributed by atoms with van der Waals surface area (Å²) < 4.78 is 0. The minimum Gasteiger partial charge on any atom is -0.361 e. The number of rotatable bonds is 5. The van der Waals surface area contributed by atoms with Gasteiger partial charge in [-0.15, -0.1) is 0 Å². The Balaban J connectivity index is 1.48. The lowest BCUT2D eigenvalue weighted by molar-refractivity contribution is 0.102. The highest BCUT2D eigenvalue weighted by Crippen LogP contribution is 2.28. The summed E-state index contributed by atoms with van der Waals surface area (Å²) in [5.74, 6) is 0.240. The van der Waals surface area contributed by atoms with Crippen molar-refractivity contribution in [2.75, 3.05) is 16.5 Å². The third-order valence-electron chi connectivity index (χ3n) is 4.99. The number of anilines is 2. The van der Waals surface area contributed by atoms with Crippen LogP contribution in [0.1, 0.15) is 47.1 Å². The van der Waals surface area contributed by atoms with E-state index in [4.69, 9.17) is 0 Å². The molecule has 1 aromatic carbocycles. The molecule has 0 radical (unpaired) electrons. The minimum absolute atomic E-state index is 0.217. The monoisotopic (exact) mass is 405 g/mol. The Morgan fingerprint density at radius 1 is 1.14 bits per heavy atom. The highest BCUT2D eigenvalue weighted by Gasteiger charge is 2.22. The van der Waals surface area contributed by atoms with Gasteiger partial charge in [0.05, 0.1) is 12.2 Å². The van der Waals surface area contributed by atoms with Crippen LogP contribution in [-0.2, 0) is 13.1 Å². The fourth-order valence-electron chi connectivity index (χ4n) is 3.30. The smallest absolute Gasteiger partial charge is 0.274 e. The first kappa shape index (κ1) is 19.4. The predicted molar refractivity (Wildman–Crippen MR) is 116 cm³/mol. The van der Waals surface area contributed by atoms with Gasteiger partial charge in [-0.25, -0.2) is 9.97 Å². The molecule has 148 valence electrons. The molecule has 0 bridgehead atoms. The molecule has 0 aliphatic carbocycles. The van der Waals surface area contributed by atoms with E-state index in [-0.39, 0.29) is 5.91 Å². The highest BCUT2D eigenvalue weighted by atomic mass is 32.2.